The summed E-state index contributed by atoms with van der Waals surface area (Å²) in [4.78, 5) is 10.7. The summed E-state index contributed by atoms with van der Waals surface area (Å²) in [6.07, 6.45) is -0.0215. The molecule has 0 saturated carbocycles. The van der Waals surface area contributed by atoms with E-state index in [9.17, 15) is 13.2 Å². The summed E-state index contributed by atoms with van der Waals surface area (Å²) < 4.78 is 32.9. The Kier molecular flexibility index (Phi) is 7.35. The van der Waals surface area contributed by atoms with Crippen LogP contribution in [0.25, 0.3) is 0 Å². The number of anilines is 1. The fourth-order valence-corrected chi connectivity index (χ4v) is 4.67. The fourth-order valence-electron chi connectivity index (χ4n) is 2.43. The molecule has 0 saturated heterocycles. The number of halogens is 2. The first kappa shape index (κ1) is 21.3. The van der Waals surface area contributed by atoms with Crippen LogP contribution in [0.1, 0.15) is 19.8 Å². The topological polar surface area (TPSA) is 83.9 Å². The Hall–Kier alpha value is -1.96. The van der Waals surface area contributed by atoms with E-state index in [1.165, 1.54) is 18.2 Å². The number of nitrogens with zero attached hydrogens (tertiary/aromatic N) is 1. The number of benzene rings is 2. The van der Waals surface area contributed by atoms with Gasteiger partial charge in [-0.2, -0.15) is 0 Å². The molecule has 0 aliphatic heterocycles. The molecule has 146 valence electrons. The molecule has 2 aromatic rings. The lowest BCUT2D eigenvalue weighted by Gasteiger charge is -2.25. The van der Waals surface area contributed by atoms with Gasteiger partial charge in [-0.25, -0.2) is 8.42 Å². The van der Waals surface area contributed by atoms with Crippen molar-refractivity contribution in [3.05, 3.63) is 52.5 Å². The Morgan fingerprint density at radius 2 is 1.81 bits per heavy atom. The predicted molar refractivity (Wildman–Crippen MR) is 105 cm³/mol. The van der Waals surface area contributed by atoms with E-state index >= 15 is 0 Å². The molecule has 0 spiro atoms. The number of carboxylic acids is 1. The Labute approximate surface area is 168 Å². The van der Waals surface area contributed by atoms with Gasteiger partial charge in [-0.3, -0.25) is 9.10 Å². The van der Waals surface area contributed by atoms with Crippen molar-refractivity contribution >= 4 is 44.9 Å². The molecule has 0 aliphatic carbocycles. The van der Waals surface area contributed by atoms with Crippen LogP contribution >= 0.6 is 23.2 Å². The standard InChI is InChI=1S/C18H19Cl2NO5S/c1-2-26-15-8-6-14(7-9-15)21(11-3-4-18(22)23)27(24,25)17-12-13(19)5-10-16(17)20/h5-10,12H,2-4,11H2,1H3,(H,22,23). The van der Waals surface area contributed by atoms with Gasteiger partial charge in [0, 0.05) is 18.0 Å². The summed E-state index contributed by atoms with van der Waals surface area (Å²) >= 11 is 12.0. The summed E-state index contributed by atoms with van der Waals surface area (Å²) in [5.74, 6) is -0.398. The molecule has 2 rings (SSSR count). The zero-order valence-corrected chi connectivity index (χ0v) is 16.9. The van der Waals surface area contributed by atoms with Gasteiger partial charge in [0.15, 0.2) is 0 Å². The van der Waals surface area contributed by atoms with Gasteiger partial charge in [0.1, 0.15) is 10.6 Å². The number of rotatable bonds is 9. The monoisotopic (exact) mass is 431 g/mol. The summed E-state index contributed by atoms with van der Waals surface area (Å²) in [6.45, 7) is 2.31. The van der Waals surface area contributed by atoms with Crippen molar-refractivity contribution in [3.8, 4) is 5.75 Å². The molecular weight excluding hydrogens is 413 g/mol. The first-order valence-electron chi connectivity index (χ1n) is 8.18. The lowest BCUT2D eigenvalue weighted by molar-refractivity contribution is -0.137. The molecule has 6 nitrogen and oxygen atoms in total. The molecule has 0 amide bonds. The van der Waals surface area contributed by atoms with E-state index in [0.717, 1.165) is 4.31 Å². The van der Waals surface area contributed by atoms with Crippen LogP contribution in [0, 0.1) is 0 Å². The predicted octanol–water partition coefficient (Wildman–Crippen LogP) is 4.45. The second kappa shape index (κ2) is 9.30. The van der Waals surface area contributed by atoms with Gasteiger partial charge in [-0.15, -0.1) is 0 Å². The third-order valence-electron chi connectivity index (χ3n) is 3.65. The van der Waals surface area contributed by atoms with Gasteiger partial charge in [0.25, 0.3) is 10.0 Å². The van der Waals surface area contributed by atoms with Crippen LogP contribution in [0.15, 0.2) is 47.4 Å². The minimum atomic E-state index is -4.05. The zero-order chi connectivity index (χ0) is 20.0. The second-order valence-corrected chi connectivity index (χ2v) is 8.25. The highest BCUT2D eigenvalue weighted by Crippen LogP contribution is 2.31. The lowest BCUT2D eigenvalue weighted by Crippen LogP contribution is -2.32. The van der Waals surface area contributed by atoms with E-state index in [0.29, 0.717) is 18.0 Å². The number of sulfonamides is 1. The van der Waals surface area contributed by atoms with Gasteiger partial charge in [0.05, 0.1) is 17.3 Å². The highest BCUT2D eigenvalue weighted by molar-refractivity contribution is 7.93. The lowest BCUT2D eigenvalue weighted by atomic mass is 10.2. The van der Waals surface area contributed by atoms with Crippen molar-refractivity contribution in [2.75, 3.05) is 17.5 Å². The molecule has 2 aromatic carbocycles. The van der Waals surface area contributed by atoms with E-state index < -0.39 is 16.0 Å². The van der Waals surface area contributed by atoms with Crippen molar-refractivity contribution in [1.82, 2.24) is 0 Å². The summed E-state index contributed by atoms with van der Waals surface area (Å²) in [7, 11) is -4.05. The van der Waals surface area contributed by atoms with Crippen LogP contribution in [0.2, 0.25) is 10.0 Å². The quantitative estimate of drug-likeness (QED) is 0.633. The van der Waals surface area contributed by atoms with Crippen molar-refractivity contribution < 1.29 is 23.1 Å². The molecule has 0 heterocycles. The first-order chi connectivity index (χ1) is 12.8. The molecule has 0 radical (unpaired) electrons. The van der Waals surface area contributed by atoms with Crippen molar-refractivity contribution in [2.45, 2.75) is 24.7 Å². The van der Waals surface area contributed by atoms with Gasteiger partial charge in [-0.05, 0) is 55.8 Å². The van der Waals surface area contributed by atoms with Crippen molar-refractivity contribution in [2.24, 2.45) is 0 Å². The number of hydrogen-bond donors (Lipinski definition) is 1. The zero-order valence-electron chi connectivity index (χ0n) is 14.6. The smallest absolute Gasteiger partial charge is 0.303 e. The highest BCUT2D eigenvalue weighted by Gasteiger charge is 2.27. The number of ether oxygens (including phenoxy) is 1. The number of carbonyl (C=O) groups is 1. The molecule has 0 bridgehead atoms. The Morgan fingerprint density at radius 3 is 2.41 bits per heavy atom. The highest BCUT2D eigenvalue weighted by atomic mass is 35.5. The minimum Gasteiger partial charge on any atom is -0.494 e. The van der Waals surface area contributed by atoms with Crippen LogP contribution < -0.4 is 9.04 Å². The molecular formula is C18H19Cl2NO5S. The number of aliphatic carboxylic acids is 1. The third-order valence-corrected chi connectivity index (χ3v) is 6.19. The molecule has 0 aromatic heterocycles. The summed E-state index contributed by atoms with van der Waals surface area (Å²) in [5.41, 5.74) is 0.375. The maximum atomic E-state index is 13.2. The Bertz CT molecular complexity index is 900. The summed E-state index contributed by atoms with van der Waals surface area (Å²) in [6, 6.07) is 10.7. The van der Waals surface area contributed by atoms with E-state index in [-0.39, 0.29) is 34.3 Å². The van der Waals surface area contributed by atoms with Crippen LogP contribution in [-0.2, 0) is 14.8 Å². The molecule has 1 N–H and O–H groups in total. The maximum absolute atomic E-state index is 13.2. The normalized spacial score (nSPS) is 11.2. The second-order valence-electron chi connectivity index (χ2n) is 5.58. The Morgan fingerprint density at radius 1 is 1.15 bits per heavy atom. The Balaban J connectivity index is 2.44. The summed E-state index contributed by atoms with van der Waals surface area (Å²) in [5, 5.41) is 9.14. The fraction of sp³-hybridized carbons (Fsp3) is 0.278. The molecule has 9 heteroatoms. The number of carboxylic acid groups (broad SMARTS) is 1. The minimum absolute atomic E-state index is 0.0224. The van der Waals surface area contributed by atoms with Gasteiger partial charge in [-0.1, -0.05) is 23.2 Å². The van der Waals surface area contributed by atoms with Gasteiger partial charge >= 0.3 is 5.97 Å². The average molecular weight is 432 g/mol. The molecule has 0 atom stereocenters. The van der Waals surface area contributed by atoms with E-state index in [1.54, 1.807) is 24.3 Å². The van der Waals surface area contributed by atoms with E-state index in [2.05, 4.69) is 0 Å². The van der Waals surface area contributed by atoms with Gasteiger partial charge < -0.3 is 9.84 Å². The third kappa shape index (κ3) is 5.51. The van der Waals surface area contributed by atoms with Crippen LogP contribution in [0.4, 0.5) is 5.69 Å². The van der Waals surface area contributed by atoms with Crippen LogP contribution in [0.3, 0.4) is 0 Å². The van der Waals surface area contributed by atoms with E-state index in [1.807, 2.05) is 6.92 Å². The average Bonchev–Trinajstić information content (AvgIpc) is 2.61. The van der Waals surface area contributed by atoms with E-state index in [4.69, 9.17) is 33.0 Å². The van der Waals surface area contributed by atoms with Crippen molar-refractivity contribution in [1.29, 1.82) is 0 Å². The maximum Gasteiger partial charge on any atom is 0.303 e. The van der Waals surface area contributed by atoms with Crippen molar-refractivity contribution in [3.63, 3.8) is 0 Å². The number of hydrogen-bond acceptors (Lipinski definition) is 4. The van der Waals surface area contributed by atoms with Crippen LogP contribution in [0.5, 0.6) is 5.75 Å². The SMILES string of the molecule is CCOc1ccc(N(CCCC(=O)O)S(=O)(=O)c2cc(Cl)ccc2Cl)cc1. The molecule has 0 fully saturated rings. The van der Waals surface area contributed by atoms with Crippen LogP contribution in [-0.4, -0.2) is 32.6 Å². The molecule has 0 aliphatic rings. The first-order valence-corrected chi connectivity index (χ1v) is 10.4. The molecule has 0 unspecified atom stereocenters. The van der Waals surface area contributed by atoms with Gasteiger partial charge in [0.2, 0.25) is 0 Å². The molecule has 27 heavy (non-hydrogen) atoms. The largest absolute Gasteiger partial charge is 0.494 e.